The highest BCUT2D eigenvalue weighted by molar-refractivity contribution is 9.10. The number of halogens is 4. The molecule has 1 aliphatic rings. The Morgan fingerprint density at radius 1 is 1.33 bits per heavy atom. The Morgan fingerprint density at radius 2 is 1.90 bits per heavy atom. The van der Waals surface area contributed by atoms with Gasteiger partial charge in [-0.15, -0.1) is 0 Å². The lowest BCUT2D eigenvalue weighted by Gasteiger charge is -2.32. The largest absolute Gasteiger partial charge is 0.471 e. The molecule has 21 heavy (non-hydrogen) atoms. The molecule has 0 spiro atoms. The van der Waals surface area contributed by atoms with Crippen LogP contribution in [0.5, 0.6) is 0 Å². The van der Waals surface area contributed by atoms with Gasteiger partial charge in [-0.05, 0) is 34.7 Å². The molecule has 0 aromatic carbocycles. The first-order valence-corrected chi connectivity index (χ1v) is 7.23. The standard InChI is InChI=1S/C12H14BrF3N4O/c13-9-6-18-11(19-7-9)17-5-8-1-3-20(4-2-8)10(21)12(14,15)16/h6-8H,1-5H2,(H,17,18,19). The average Bonchev–Trinajstić information content (AvgIpc) is 2.45. The third-order valence-corrected chi connectivity index (χ3v) is 3.72. The van der Waals surface area contributed by atoms with Gasteiger partial charge in [0.25, 0.3) is 0 Å². The van der Waals surface area contributed by atoms with Gasteiger partial charge in [0, 0.05) is 32.0 Å². The van der Waals surface area contributed by atoms with Crippen molar-refractivity contribution in [2.45, 2.75) is 19.0 Å². The summed E-state index contributed by atoms with van der Waals surface area (Å²) in [6, 6.07) is 0. The number of hydrogen-bond donors (Lipinski definition) is 1. The van der Waals surface area contributed by atoms with Crippen LogP contribution in [0.15, 0.2) is 16.9 Å². The number of anilines is 1. The number of alkyl halides is 3. The number of likely N-dealkylation sites (tertiary alicyclic amines) is 1. The Balaban J connectivity index is 1.77. The Bertz CT molecular complexity index is 486. The van der Waals surface area contributed by atoms with Gasteiger partial charge >= 0.3 is 12.1 Å². The topological polar surface area (TPSA) is 58.1 Å². The van der Waals surface area contributed by atoms with Gasteiger partial charge < -0.3 is 10.2 Å². The van der Waals surface area contributed by atoms with E-state index in [0.29, 0.717) is 25.3 Å². The number of aromatic nitrogens is 2. The maximum Gasteiger partial charge on any atom is 0.471 e. The molecule has 1 amide bonds. The van der Waals surface area contributed by atoms with Crippen molar-refractivity contribution in [3.63, 3.8) is 0 Å². The highest BCUT2D eigenvalue weighted by atomic mass is 79.9. The van der Waals surface area contributed by atoms with Gasteiger partial charge in [0.2, 0.25) is 5.95 Å². The molecule has 0 unspecified atom stereocenters. The number of piperidine rings is 1. The van der Waals surface area contributed by atoms with E-state index in [1.165, 1.54) is 0 Å². The predicted octanol–water partition coefficient (Wildman–Crippen LogP) is 2.45. The highest BCUT2D eigenvalue weighted by Crippen LogP contribution is 2.24. The number of amides is 1. The molecule has 1 aromatic rings. The van der Waals surface area contributed by atoms with Crippen LogP contribution >= 0.6 is 15.9 Å². The number of rotatable bonds is 3. The highest BCUT2D eigenvalue weighted by Gasteiger charge is 2.43. The van der Waals surface area contributed by atoms with Gasteiger partial charge in [-0.2, -0.15) is 13.2 Å². The van der Waals surface area contributed by atoms with Crippen LogP contribution in [0.4, 0.5) is 19.1 Å². The molecule has 1 N–H and O–H groups in total. The number of carbonyl (C=O) groups is 1. The molecule has 9 heteroatoms. The first kappa shape index (κ1) is 16.0. The van der Waals surface area contributed by atoms with E-state index in [2.05, 4.69) is 31.2 Å². The van der Waals surface area contributed by atoms with Crippen molar-refractivity contribution in [2.24, 2.45) is 5.92 Å². The molecule has 1 fully saturated rings. The minimum Gasteiger partial charge on any atom is -0.354 e. The minimum absolute atomic E-state index is 0.131. The maximum absolute atomic E-state index is 12.3. The fraction of sp³-hybridized carbons (Fsp3) is 0.583. The minimum atomic E-state index is -4.78. The fourth-order valence-corrected chi connectivity index (χ4v) is 2.36. The SMILES string of the molecule is O=C(N1CCC(CNc2ncc(Br)cn2)CC1)C(F)(F)F. The third-order valence-electron chi connectivity index (χ3n) is 3.31. The molecule has 5 nitrogen and oxygen atoms in total. The van der Waals surface area contributed by atoms with Crippen LogP contribution in [0.3, 0.4) is 0 Å². The first-order chi connectivity index (χ1) is 9.86. The predicted molar refractivity (Wildman–Crippen MR) is 73.6 cm³/mol. The average molecular weight is 367 g/mol. The summed E-state index contributed by atoms with van der Waals surface area (Å²) in [6.45, 7) is 0.841. The van der Waals surface area contributed by atoms with E-state index in [0.717, 1.165) is 9.37 Å². The summed E-state index contributed by atoms with van der Waals surface area (Å²) >= 11 is 3.23. The van der Waals surface area contributed by atoms with E-state index in [4.69, 9.17) is 0 Å². The molecular weight excluding hydrogens is 353 g/mol. The van der Waals surface area contributed by atoms with E-state index in [1.54, 1.807) is 12.4 Å². The second kappa shape index (κ2) is 6.59. The van der Waals surface area contributed by atoms with Crippen LogP contribution in [0.25, 0.3) is 0 Å². The Labute approximate surface area is 128 Å². The normalized spacial score (nSPS) is 16.9. The zero-order valence-electron chi connectivity index (χ0n) is 11.0. The number of nitrogens with one attached hydrogen (secondary N) is 1. The molecule has 1 aromatic heterocycles. The summed E-state index contributed by atoms with van der Waals surface area (Å²) in [4.78, 5) is 20.1. The molecule has 0 atom stereocenters. The van der Waals surface area contributed by atoms with Gasteiger partial charge in [0.15, 0.2) is 0 Å². The maximum atomic E-state index is 12.3. The molecule has 0 saturated carbocycles. The molecule has 0 bridgehead atoms. The van der Waals surface area contributed by atoms with Crippen molar-refractivity contribution in [3.8, 4) is 0 Å². The lowest BCUT2D eigenvalue weighted by molar-refractivity contribution is -0.186. The van der Waals surface area contributed by atoms with Crippen LogP contribution in [0.1, 0.15) is 12.8 Å². The lowest BCUT2D eigenvalue weighted by Crippen LogP contribution is -2.46. The monoisotopic (exact) mass is 366 g/mol. The van der Waals surface area contributed by atoms with Crippen molar-refractivity contribution >= 4 is 27.8 Å². The Kier molecular flexibility index (Phi) is 5.02. The number of hydrogen-bond acceptors (Lipinski definition) is 4. The van der Waals surface area contributed by atoms with Gasteiger partial charge in [0.05, 0.1) is 4.47 Å². The van der Waals surface area contributed by atoms with Gasteiger partial charge in [-0.3, -0.25) is 4.79 Å². The fourth-order valence-electron chi connectivity index (χ4n) is 2.16. The van der Waals surface area contributed by atoms with Crippen molar-refractivity contribution in [1.82, 2.24) is 14.9 Å². The first-order valence-electron chi connectivity index (χ1n) is 6.44. The van der Waals surface area contributed by atoms with Gasteiger partial charge in [0.1, 0.15) is 0 Å². The van der Waals surface area contributed by atoms with Gasteiger partial charge in [-0.1, -0.05) is 0 Å². The molecule has 116 valence electrons. The van der Waals surface area contributed by atoms with E-state index in [1.807, 2.05) is 0 Å². The second-order valence-corrected chi connectivity index (χ2v) is 5.75. The summed E-state index contributed by atoms with van der Waals surface area (Å²) < 4.78 is 37.7. The Hall–Kier alpha value is -1.38. The molecule has 2 rings (SSSR count). The van der Waals surface area contributed by atoms with Crippen LogP contribution in [0, 0.1) is 5.92 Å². The molecule has 0 radical (unpaired) electrons. The van der Waals surface area contributed by atoms with E-state index < -0.39 is 12.1 Å². The molecule has 0 aliphatic carbocycles. The van der Waals surface area contributed by atoms with Crippen molar-refractivity contribution in [3.05, 3.63) is 16.9 Å². The summed E-state index contributed by atoms with van der Waals surface area (Å²) in [6.07, 6.45) is -0.493. The molecule has 2 heterocycles. The van der Waals surface area contributed by atoms with Crippen LogP contribution in [-0.2, 0) is 4.79 Å². The summed E-state index contributed by atoms with van der Waals surface area (Å²) in [5, 5.41) is 3.05. The van der Waals surface area contributed by atoms with Crippen molar-refractivity contribution in [1.29, 1.82) is 0 Å². The molecule has 1 saturated heterocycles. The quantitative estimate of drug-likeness (QED) is 0.892. The lowest BCUT2D eigenvalue weighted by atomic mass is 9.97. The smallest absolute Gasteiger partial charge is 0.354 e. The third kappa shape index (κ3) is 4.55. The molecule has 1 aliphatic heterocycles. The molecular formula is C12H14BrF3N4O. The number of nitrogens with zero attached hydrogens (tertiary/aromatic N) is 3. The summed E-state index contributed by atoms with van der Waals surface area (Å²) in [7, 11) is 0. The zero-order valence-corrected chi connectivity index (χ0v) is 12.6. The van der Waals surface area contributed by atoms with Crippen LogP contribution in [0.2, 0.25) is 0 Å². The zero-order chi connectivity index (χ0) is 15.5. The number of carbonyl (C=O) groups excluding carboxylic acids is 1. The summed E-state index contributed by atoms with van der Waals surface area (Å²) in [5.74, 6) is -1.06. The van der Waals surface area contributed by atoms with E-state index >= 15 is 0 Å². The van der Waals surface area contributed by atoms with E-state index in [-0.39, 0.29) is 19.0 Å². The van der Waals surface area contributed by atoms with E-state index in [9.17, 15) is 18.0 Å². The van der Waals surface area contributed by atoms with Gasteiger partial charge in [-0.25, -0.2) is 9.97 Å². The van der Waals surface area contributed by atoms with Crippen molar-refractivity contribution < 1.29 is 18.0 Å². The Morgan fingerprint density at radius 3 is 2.43 bits per heavy atom. The second-order valence-electron chi connectivity index (χ2n) is 4.84. The summed E-state index contributed by atoms with van der Waals surface area (Å²) in [5.41, 5.74) is 0. The van der Waals surface area contributed by atoms with Crippen molar-refractivity contribution in [2.75, 3.05) is 25.0 Å². The van der Waals surface area contributed by atoms with Crippen LogP contribution in [-0.4, -0.2) is 46.6 Å². The van der Waals surface area contributed by atoms with Crippen LogP contribution < -0.4 is 5.32 Å².